The number of aryl methyl sites for hydroxylation is 1. The molecule has 4 nitrogen and oxygen atoms in total. The highest BCUT2D eigenvalue weighted by Gasteiger charge is 2.31. The number of likely N-dealkylation sites (tertiary alicyclic amines) is 1. The van der Waals surface area contributed by atoms with Crippen LogP contribution in [0.4, 0.5) is 4.39 Å². The van der Waals surface area contributed by atoms with Crippen molar-refractivity contribution >= 4 is 5.91 Å². The van der Waals surface area contributed by atoms with Crippen LogP contribution in [0.5, 0.6) is 0 Å². The first kappa shape index (κ1) is 18.5. The summed E-state index contributed by atoms with van der Waals surface area (Å²) in [4.78, 5) is 14.5. The zero-order valence-corrected chi connectivity index (χ0v) is 15.3. The molecule has 1 heterocycles. The van der Waals surface area contributed by atoms with Crippen LogP contribution in [0.1, 0.15) is 28.8 Å². The van der Waals surface area contributed by atoms with Crippen molar-refractivity contribution in [1.82, 2.24) is 10.2 Å². The fraction of sp³-hybridized carbons (Fsp3) is 0.381. The Morgan fingerprint density at radius 2 is 1.85 bits per heavy atom. The highest BCUT2D eigenvalue weighted by Crippen LogP contribution is 2.24. The topological polar surface area (TPSA) is 52.6 Å². The number of carbonyl (C=O) groups is 1. The number of hydrogen-bond donors (Lipinski definition) is 2. The molecule has 2 aromatic rings. The van der Waals surface area contributed by atoms with Crippen molar-refractivity contribution in [3.05, 3.63) is 59.4 Å². The van der Waals surface area contributed by atoms with Crippen molar-refractivity contribution in [1.29, 1.82) is 0 Å². The van der Waals surface area contributed by atoms with E-state index in [0.717, 1.165) is 24.2 Å². The SMILES string of the molecule is Cc1ccc(F)c(-c2ccc(C(=O)NCC3(O)CCN(C)CC3)cc2)c1. The summed E-state index contributed by atoms with van der Waals surface area (Å²) in [5, 5.41) is 13.4. The van der Waals surface area contributed by atoms with Crippen molar-refractivity contribution in [3.63, 3.8) is 0 Å². The standard InChI is InChI=1S/C21H25FN2O2/c1-15-3-8-19(22)18(13-15)16-4-6-17(7-5-16)20(25)23-14-21(26)9-11-24(2)12-10-21/h3-8,13,26H,9-12,14H2,1-2H3,(H,23,25). The molecule has 1 aliphatic heterocycles. The molecule has 0 aliphatic carbocycles. The molecular formula is C21H25FN2O2. The average molecular weight is 356 g/mol. The first-order chi connectivity index (χ1) is 12.4. The summed E-state index contributed by atoms with van der Waals surface area (Å²) < 4.78 is 14.0. The molecule has 0 atom stereocenters. The first-order valence-corrected chi connectivity index (χ1v) is 8.92. The van der Waals surface area contributed by atoms with Gasteiger partial charge in [0.15, 0.2) is 0 Å². The molecule has 1 fully saturated rings. The molecular weight excluding hydrogens is 331 g/mol. The number of benzene rings is 2. The summed E-state index contributed by atoms with van der Waals surface area (Å²) in [6.45, 7) is 3.80. The predicted octanol–water partition coefficient (Wildman–Crippen LogP) is 2.99. The Morgan fingerprint density at radius 1 is 1.19 bits per heavy atom. The molecule has 2 aromatic carbocycles. The molecule has 0 bridgehead atoms. The fourth-order valence-electron chi connectivity index (χ4n) is 3.22. The third kappa shape index (κ3) is 4.29. The average Bonchev–Trinajstić information content (AvgIpc) is 2.65. The van der Waals surface area contributed by atoms with Crippen LogP contribution < -0.4 is 5.32 Å². The van der Waals surface area contributed by atoms with Crippen molar-refractivity contribution in [2.24, 2.45) is 0 Å². The molecule has 138 valence electrons. The van der Waals surface area contributed by atoms with E-state index in [0.29, 0.717) is 24.0 Å². The number of amides is 1. The molecule has 0 saturated carbocycles. The normalized spacial score (nSPS) is 17.1. The van der Waals surface area contributed by atoms with Crippen LogP contribution in [0.15, 0.2) is 42.5 Å². The Kier molecular flexibility index (Phi) is 5.39. The largest absolute Gasteiger partial charge is 0.388 e. The quantitative estimate of drug-likeness (QED) is 0.886. The minimum atomic E-state index is -0.840. The van der Waals surface area contributed by atoms with Gasteiger partial charge >= 0.3 is 0 Å². The van der Waals surface area contributed by atoms with E-state index in [2.05, 4.69) is 10.2 Å². The number of halogens is 1. The van der Waals surface area contributed by atoms with E-state index in [9.17, 15) is 14.3 Å². The molecule has 1 amide bonds. The highest BCUT2D eigenvalue weighted by atomic mass is 19.1. The molecule has 26 heavy (non-hydrogen) atoms. The fourth-order valence-corrected chi connectivity index (χ4v) is 3.22. The second-order valence-electron chi connectivity index (χ2n) is 7.27. The van der Waals surface area contributed by atoms with Gasteiger partial charge in [-0.2, -0.15) is 0 Å². The minimum Gasteiger partial charge on any atom is -0.388 e. The lowest BCUT2D eigenvalue weighted by atomic mass is 9.91. The van der Waals surface area contributed by atoms with Gasteiger partial charge in [-0.3, -0.25) is 4.79 Å². The number of piperidine rings is 1. The summed E-state index contributed by atoms with van der Waals surface area (Å²) in [7, 11) is 2.02. The predicted molar refractivity (Wildman–Crippen MR) is 101 cm³/mol. The van der Waals surface area contributed by atoms with Crippen molar-refractivity contribution in [3.8, 4) is 11.1 Å². The van der Waals surface area contributed by atoms with Crippen LogP contribution in [0.25, 0.3) is 11.1 Å². The number of nitrogens with one attached hydrogen (secondary N) is 1. The molecule has 0 radical (unpaired) electrons. The van der Waals surface area contributed by atoms with Crippen LogP contribution in [0, 0.1) is 12.7 Å². The molecule has 5 heteroatoms. The van der Waals surface area contributed by atoms with E-state index in [4.69, 9.17) is 0 Å². The summed E-state index contributed by atoms with van der Waals surface area (Å²) >= 11 is 0. The van der Waals surface area contributed by atoms with Gasteiger partial charge in [0, 0.05) is 30.8 Å². The summed E-state index contributed by atoms with van der Waals surface area (Å²) in [6, 6.07) is 11.8. The van der Waals surface area contributed by atoms with Gasteiger partial charge in [-0.05, 0) is 56.6 Å². The van der Waals surface area contributed by atoms with Crippen LogP contribution in [0.3, 0.4) is 0 Å². The number of hydrogen-bond acceptors (Lipinski definition) is 3. The number of aliphatic hydroxyl groups is 1. The Balaban J connectivity index is 1.65. The number of carbonyl (C=O) groups excluding carboxylic acids is 1. The Labute approximate surface area is 153 Å². The van der Waals surface area contributed by atoms with Crippen molar-refractivity contribution < 1.29 is 14.3 Å². The minimum absolute atomic E-state index is 0.228. The second-order valence-corrected chi connectivity index (χ2v) is 7.27. The van der Waals surface area contributed by atoms with Gasteiger partial charge in [0.05, 0.1) is 5.60 Å². The van der Waals surface area contributed by atoms with Crippen LogP contribution in [-0.4, -0.2) is 48.2 Å². The molecule has 2 N–H and O–H groups in total. The summed E-state index contributed by atoms with van der Waals surface area (Å²) in [5.41, 5.74) is 1.90. The van der Waals surface area contributed by atoms with Gasteiger partial charge in [0.2, 0.25) is 0 Å². The lowest BCUT2D eigenvalue weighted by molar-refractivity contribution is -0.0135. The molecule has 1 saturated heterocycles. The maximum absolute atomic E-state index is 14.0. The highest BCUT2D eigenvalue weighted by molar-refractivity contribution is 5.94. The lowest BCUT2D eigenvalue weighted by Gasteiger charge is -2.36. The maximum atomic E-state index is 14.0. The van der Waals surface area contributed by atoms with E-state index in [1.54, 1.807) is 36.4 Å². The number of nitrogens with zero attached hydrogens (tertiary/aromatic N) is 1. The van der Waals surface area contributed by atoms with Gasteiger partial charge in [0.25, 0.3) is 5.91 Å². The third-order valence-corrected chi connectivity index (χ3v) is 5.08. The Morgan fingerprint density at radius 3 is 2.50 bits per heavy atom. The number of rotatable bonds is 4. The van der Waals surface area contributed by atoms with E-state index in [1.807, 2.05) is 14.0 Å². The zero-order chi connectivity index (χ0) is 18.7. The van der Waals surface area contributed by atoms with E-state index in [-0.39, 0.29) is 18.3 Å². The molecule has 3 rings (SSSR count). The van der Waals surface area contributed by atoms with Crippen LogP contribution >= 0.6 is 0 Å². The smallest absolute Gasteiger partial charge is 0.251 e. The lowest BCUT2D eigenvalue weighted by Crippen LogP contribution is -2.50. The summed E-state index contributed by atoms with van der Waals surface area (Å²) in [6.07, 6.45) is 1.30. The van der Waals surface area contributed by atoms with Crippen LogP contribution in [0.2, 0.25) is 0 Å². The first-order valence-electron chi connectivity index (χ1n) is 8.92. The molecule has 0 unspecified atom stereocenters. The third-order valence-electron chi connectivity index (χ3n) is 5.08. The van der Waals surface area contributed by atoms with Crippen molar-refractivity contribution in [2.75, 3.05) is 26.7 Å². The van der Waals surface area contributed by atoms with Gasteiger partial charge in [-0.15, -0.1) is 0 Å². The maximum Gasteiger partial charge on any atom is 0.251 e. The van der Waals surface area contributed by atoms with Crippen LogP contribution in [-0.2, 0) is 0 Å². The summed E-state index contributed by atoms with van der Waals surface area (Å²) in [5.74, 6) is -0.508. The van der Waals surface area contributed by atoms with E-state index in [1.165, 1.54) is 6.07 Å². The van der Waals surface area contributed by atoms with E-state index < -0.39 is 5.60 Å². The zero-order valence-electron chi connectivity index (χ0n) is 15.3. The van der Waals surface area contributed by atoms with E-state index >= 15 is 0 Å². The second kappa shape index (κ2) is 7.56. The van der Waals surface area contributed by atoms with Crippen molar-refractivity contribution in [2.45, 2.75) is 25.4 Å². The molecule has 0 aromatic heterocycles. The molecule has 1 aliphatic rings. The Hall–Kier alpha value is -2.24. The molecule has 0 spiro atoms. The van der Waals surface area contributed by atoms with Gasteiger partial charge in [-0.1, -0.05) is 23.8 Å². The van der Waals surface area contributed by atoms with Gasteiger partial charge in [0.1, 0.15) is 5.82 Å². The Bertz CT molecular complexity index is 781. The monoisotopic (exact) mass is 356 g/mol. The van der Waals surface area contributed by atoms with Gasteiger partial charge < -0.3 is 15.3 Å². The van der Waals surface area contributed by atoms with Gasteiger partial charge in [-0.25, -0.2) is 4.39 Å².